The standard InChI is InChI=1S/C22H24ClN3O3/c1-2-12-24-21(27)19(13-15-6-4-3-5-7-15)25-22(28)20-14-18(26-29-20)16-8-10-17(23)11-9-16/h3-11,19-20H,2,12-14H2,1H3,(H,24,27)(H,25,28). The number of amides is 2. The van der Waals surface area contributed by atoms with Crippen LogP contribution in [0.25, 0.3) is 0 Å². The number of halogens is 1. The normalized spacial score (nSPS) is 16.5. The van der Waals surface area contributed by atoms with E-state index in [1.807, 2.05) is 49.4 Å². The van der Waals surface area contributed by atoms with Gasteiger partial charge in [0.25, 0.3) is 5.91 Å². The maximum Gasteiger partial charge on any atom is 0.265 e. The molecule has 0 saturated heterocycles. The summed E-state index contributed by atoms with van der Waals surface area (Å²) in [7, 11) is 0. The van der Waals surface area contributed by atoms with Gasteiger partial charge in [0.1, 0.15) is 6.04 Å². The Morgan fingerprint density at radius 1 is 1.17 bits per heavy atom. The van der Waals surface area contributed by atoms with Crippen LogP contribution in [0.2, 0.25) is 5.02 Å². The fourth-order valence-corrected chi connectivity index (χ4v) is 3.15. The molecule has 0 spiro atoms. The molecule has 152 valence electrons. The van der Waals surface area contributed by atoms with Gasteiger partial charge in [0.15, 0.2) is 0 Å². The molecule has 2 aromatic carbocycles. The average molecular weight is 414 g/mol. The molecule has 0 radical (unpaired) electrons. The Balaban J connectivity index is 1.63. The Bertz CT molecular complexity index is 869. The van der Waals surface area contributed by atoms with Crippen molar-refractivity contribution in [2.24, 2.45) is 5.16 Å². The van der Waals surface area contributed by atoms with Crippen LogP contribution in [-0.2, 0) is 20.8 Å². The van der Waals surface area contributed by atoms with Crippen LogP contribution in [0.15, 0.2) is 59.8 Å². The van der Waals surface area contributed by atoms with Gasteiger partial charge < -0.3 is 15.5 Å². The fraction of sp³-hybridized carbons (Fsp3) is 0.318. The second-order valence-corrected chi connectivity index (χ2v) is 7.32. The quantitative estimate of drug-likeness (QED) is 0.697. The maximum absolute atomic E-state index is 12.7. The lowest BCUT2D eigenvalue weighted by Gasteiger charge is -2.20. The van der Waals surface area contributed by atoms with E-state index in [1.165, 1.54) is 0 Å². The first-order chi connectivity index (χ1) is 14.1. The first-order valence-electron chi connectivity index (χ1n) is 9.67. The van der Waals surface area contributed by atoms with Gasteiger partial charge in [-0.1, -0.05) is 66.1 Å². The van der Waals surface area contributed by atoms with Gasteiger partial charge in [-0.05, 0) is 29.7 Å². The number of carbonyl (C=O) groups is 2. The summed E-state index contributed by atoms with van der Waals surface area (Å²) in [5, 5.41) is 10.3. The van der Waals surface area contributed by atoms with E-state index in [4.69, 9.17) is 16.4 Å². The molecule has 0 bridgehead atoms. The molecule has 7 heteroatoms. The van der Waals surface area contributed by atoms with E-state index in [1.54, 1.807) is 12.1 Å². The van der Waals surface area contributed by atoms with Crippen molar-refractivity contribution in [2.45, 2.75) is 38.3 Å². The van der Waals surface area contributed by atoms with Crippen molar-refractivity contribution in [3.05, 3.63) is 70.7 Å². The number of benzene rings is 2. The maximum atomic E-state index is 12.7. The van der Waals surface area contributed by atoms with Crippen LogP contribution in [0.3, 0.4) is 0 Å². The van der Waals surface area contributed by atoms with Crippen LogP contribution in [0.4, 0.5) is 0 Å². The van der Waals surface area contributed by atoms with Crippen molar-refractivity contribution in [1.29, 1.82) is 0 Å². The lowest BCUT2D eigenvalue weighted by Crippen LogP contribution is -2.51. The van der Waals surface area contributed by atoms with E-state index < -0.39 is 12.1 Å². The predicted molar refractivity (Wildman–Crippen MR) is 113 cm³/mol. The molecule has 1 aliphatic rings. The van der Waals surface area contributed by atoms with E-state index in [9.17, 15) is 9.59 Å². The summed E-state index contributed by atoms with van der Waals surface area (Å²) < 4.78 is 0. The highest BCUT2D eigenvalue weighted by Gasteiger charge is 2.32. The molecule has 2 amide bonds. The zero-order valence-electron chi connectivity index (χ0n) is 16.2. The van der Waals surface area contributed by atoms with Crippen molar-refractivity contribution < 1.29 is 14.4 Å². The van der Waals surface area contributed by atoms with Gasteiger partial charge in [0.05, 0.1) is 5.71 Å². The van der Waals surface area contributed by atoms with Gasteiger partial charge in [-0.25, -0.2) is 0 Å². The molecular formula is C22H24ClN3O3. The summed E-state index contributed by atoms with van der Waals surface area (Å²) in [5.41, 5.74) is 2.50. The van der Waals surface area contributed by atoms with E-state index in [2.05, 4.69) is 15.8 Å². The zero-order valence-corrected chi connectivity index (χ0v) is 17.0. The smallest absolute Gasteiger partial charge is 0.265 e. The molecule has 6 nitrogen and oxygen atoms in total. The second-order valence-electron chi connectivity index (χ2n) is 6.88. The van der Waals surface area contributed by atoms with Crippen molar-refractivity contribution >= 4 is 29.1 Å². The number of hydrogen-bond acceptors (Lipinski definition) is 4. The number of hydrogen-bond donors (Lipinski definition) is 2. The molecular weight excluding hydrogens is 390 g/mol. The van der Waals surface area contributed by atoms with E-state index in [0.29, 0.717) is 30.1 Å². The number of nitrogens with zero attached hydrogens (tertiary/aromatic N) is 1. The monoisotopic (exact) mass is 413 g/mol. The van der Waals surface area contributed by atoms with Gasteiger partial charge in [0.2, 0.25) is 12.0 Å². The van der Waals surface area contributed by atoms with Crippen molar-refractivity contribution in [3.8, 4) is 0 Å². The fourth-order valence-electron chi connectivity index (χ4n) is 3.03. The van der Waals surface area contributed by atoms with Gasteiger partial charge >= 0.3 is 0 Å². The van der Waals surface area contributed by atoms with Gasteiger partial charge in [-0.15, -0.1) is 0 Å². The lowest BCUT2D eigenvalue weighted by atomic mass is 10.0. The SMILES string of the molecule is CCCNC(=O)C(Cc1ccccc1)NC(=O)C1CC(c2ccc(Cl)cc2)=NO1. The highest BCUT2D eigenvalue weighted by Crippen LogP contribution is 2.19. The molecule has 2 atom stereocenters. The number of rotatable bonds is 8. The first-order valence-corrected chi connectivity index (χ1v) is 10.0. The third kappa shape index (κ3) is 5.81. The molecule has 2 N–H and O–H groups in total. The zero-order chi connectivity index (χ0) is 20.6. The molecule has 2 unspecified atom stereocenters. The summed E-state index contributed by atoms with van der Waals surface area (Å²) in [6.45, 7) is 2.54. The topological polar surface area (TPSA) is 79.8 Å². The minimum Gasteiger partial charge on any atom is -0.382 e. The van der Waals surface area contributed by atoms with Gasteiger partial charge in [0, 0.05) is 24.4 Å². The summed E-state index contributed by atoms with van der Waals surface area (Å²) in [5.74, 6) is -0.564. The largest absolute Gasteiger partial charge is 0.382 e. The van der Waals surface area contributed by atoms with Crippen molar-refractivity contribution in [1.82, 2.24) is 10.6 Å². The molecule has 0 aliphatic carbocycles. The molecule has 0 aromatic heterocycles. The van der Waals surface area contributed by atoms with Crippen molar-refractivity contribution in [3.63, 3.8) is 0 Å². The van der Waals surface area contributed by atoms with Crippen LogP contribution >= 0.6 is 11.6 Å². The summed E-state index contributed by atoms with van der Waals surface area (Å²) in [6, 6.07) is 16.1. The van der Waals surface area contributed by atoms with E-state index in [0.717, 1.165) is 17.5 Å². The van der Waals surface area contributed by atoms with Crippen LogP contribution in [0.5, 0.6) is 0 Å². The third-order valence-corrected chi connectivity index (χ3v) is 4.86. The molecule has 1 heterocycles. The van der Waals surface area contributed by atoms with Crippen molar-refractivity contribution in [2.75, 3.05) is 6.54 Å². The average Bonchev–Trinajstić information content (AvgIpc) is 3.23. The Kier molecular flexibility index (Phi) is 7.25. The summed E-state index contributed by atoms with van der Waals surface area (Å²) in [4.78, 5) is 30.6. The third-order valence-electron chi connectivity index (χ3n) is 4.60. The molecule has 0 fully saturated rings. The molecule has 29 heavy (non-hydrogen) atoms. The number of carbonyl (C=O) groups excluding carboxylic acids is 2. The van der Waals surface area contributed by atoms with Crippen LogP contribution in [-0.4, -0.2) is 36.2 Å². The minimum atomic E-state index is -0.766. The van der Waals surface area contributed by atoms with E-state index in [-0.39, 0.29) is 11.8 Å². The predicted octanol–water partition coefficient (Wildman–Crippen LogP) is 3.09. The number of nitrogens with one attached hydrogen (secondary N) is 2. The van der Waals surface area contributed by atoms with E-state index >= 15 is 0 Å². The molecule has 2 aromatic rings. The minimum absolute atomic E-state index is 0.208. The Morgan fingerprint density at radius 2 is 1.90 bits per heavy atom. The highest BCUT2D eigenvalue weighted by atomic mass is 35.5. The summed E-state index contributed by atoms with van der Waals surface area (Å²) >= 11 is 5.91. The molecule has 1 aliphatic heterocycles. The first kappa shape index (κ1) is 20.9. The van der Waals surface area contributed by atoms with Gasteiger partial charge in [-0.2, -0.15) is 0 Å². The molecule has 3 rings (SSSR count). The Labute approximate surface area is 175 Å². The molecule has 0 saturated carbocycles. The van der Waals surface area contributed by atoms with Crippen LogP contribution in [0.1, 0.15) is 30.9 Å². The van der Waals surface area contributed by atoms with Crippen LogP contribution in [0, 0.1) is 0 Å². The Morgan fingerprint density at radius 3 is 2.59 bits per heavy atom. The van der Waals surface area contributed by atoms with Gasteiger partial charge in [-0.3, -0.25) is 9.59 Å². The number of oxime groups is 1. The summed E-state index contributed by atoms with van der Waals surface area (Å²) in [6.07, 6.45) is 0.793. The highest BCUT2D eigenvalue weighted by molar-refractivity contribution is 6.30. The van der Waals surface area contributed by atoms with Crippen LogP contribution < -0.4 is 10.6 Å². The Hall–Kier alpha value is -2.86. The lowest BCUT2D eigenvalue weighted by molar-refractivity contribution is -0.135. The second kappa shape index (κ2) is 10.1.